The minimum atomic E-state index is -4.39. The molecular formula is C23H19Cl2F3N6S. The van der Waals surface area contributed by atoms with Gasteiger partial charge in [-0.3, -0.25) is 9.36 Å². The highest BCUT2D eigenvalue weighted by molar-refractivity contribution is 7.80. The molecule has 0 aliphatic heterocycles. The van der Waals surface area contributed by atoms with E-state index in [1.807, 2.05) is 13.0 Å². The van der Waals surface area contributed by atoms with Gasteiger partial charge in [0.1, 0.15) is 0 Å². The summed E-state index contributed by atoms with van der Waals surface area (Å²) in [6, 6.07) is 12.2. The van der Waals surface area contributed by atoms with Crippen molar-refractivity contribution in [2.24, 2.45) is 0 Å². The first-order chi connectivity index (χ1) is 16.6. The van der Waals surface area contributed by atoms with Crippen LogP contribution in [0.3, 0.4) is 0 Å². The first kappa shape index (κ1) is 25.0. The van der Waals surface area contributed by atoms with E-state index in [1.54, 1.807) is 46.0 Å². The molecule has 0 spiro atoms. The van der Waals surface area contributed by atoms with E-state index >= 15 is 0 Å². The van der Waals surface area contributed by atoms with Crippen molar-refractivity contribution in [1.29, 1.82) is 0 Å². The van der Waals surface area contributed by atoms with Gasteiger partial charge >= 0.3 is 6.18 Å². The molecule has 4 rings (SSSR count). The van der Waals surface area contributed by atoms with E-state index in [4.69, 9.17) is 35.4 Å². The van der Waals surface area contributed by atoms with Gasteiger partial charge in [0.05, 0.1) is 30.5 Å². The molecule has 0 atom stereocenters. The number of nitrogens with zero attached hydrogens (tertiary/aromatic N) is 4. The zero-order valence-corrected chi connectivity index (χ0v) is 20.6. The van der Waals surface area contributed by atoms with Gasteiger partial charge in [0.25, 0.3) is 0 Å². The molecule has 2 heterocycles. The Labute approximate surface area is 214 Å². The van der Waals surface area contributed by atoms with Crippen LogP contribution in [0.15, 0.2) is 60.9 Å². The lowest BCUT2D eigenvalue weighted by Crippen LogP contribution is -2.19. The highest BCUT2D eigenvalue weighted by Gasteiger charge is 2.30. The van der Waals surface area contributed by atoms with Gasteiger partial charge < -0.3 is 10.6 Å². The van der Waals surface area contributed by atoms with E-state index < -0.39 is 11.7 Å². The van der Waals surface area contributed by atoms with Crippen molar-refractivity contribution in [2.75, 3.05) is 10.6 Å². The van der Waals surface area contributed by atoms with Crippen molar-refractivity contribution in [3.63, 3.8) is 0 Å². The highest BCUT2D eigenvalue weighted by Crippen LogP contribution is 2.30. The lowest BCUT2D eigenvalue weighted by molar-refractivity contribution is -0.137. The molecule has 0 saturated carbocycles. The van der Waals surface area contributed by atoms with E-state index in [1.165, 1.54) is 6.07 Å². The predicted octanol–water partition coefficient (Wildman–Crippen LogP) is 6.62. The molecule has 6 nitrogen and oxygen atoms in total. The molecule has 0 radical (unpaired) electrons. The predicted molar refractivity (Wildman–Crippen MR) is 135 cm³/mol. The van der Waals surface area contributed by atoms with Crippen LogP contribution < -0.4 is 10.6 Å². The van der Waals surface area contributed by atoms with Crippen molar-refractivity contribution in [3.05, 3.63) is 93.4 Å². The summed E-state index contributed by atoms with van der Waals surface area (Å²) in [5.41, 5.74) is 2.09. The van der Waals surface area contributed by atoms with Crippen molar-refractivity contribution < 1.29 is 13.2 Å². The van der Waals surface area contributed by atoms with Crippen molar-refractivity contribution in [1.82, 2.24) is 19.6 Å². The van der Waals surface area contributed by atoms with Crippen LogP contribution in [0.2, 0.25) is 10.0 Å². The van der Waals surface area contributed by atoms with Crippen LogP contribution in [-0.2, 0) is 19.3 Å². The Kier molecular flexibility index (Phi) is 7.34. The fraction of sp³-hybridized carbons (Fsp3) is 0.174. The Balaban J connectivity index is 1.37. The first-order valence-electron chi connectivity index (χ1n) is 10.3. The van der Waals surface area contributed by atoms with Gasteiger partial charge in [-0.1, -0.05) is 41.4 Å². The maximum Gasteiger partial charge on any atom is 0.416 e. The fourth-order valence-electron chi connectivity index (χ4n) is 3.37. The van der Waals surface area contributed by atoms with Crippen LogP contribution in [0.4, 0.5) is 24.7 Å². The largest absolute Gasteiger partial charge is 0.416 e. The molecule has 2 aromatic heterocycles. The normalized spacial score (nSPS) is 11.5. The molecule has 2 N–H and O–H groups in total. The second-order valence-corrected chi connectivity index (χ2v) is 9.02. The van der Waals surface area contributed by atoms with Crippen molar-refractivity contribution >= 4 is 52.0 Å². The van der Waals surface area contributed by atoms with Gasteiger partial charge in [-0.05, 0) is 54.5 Å². The van der Waals surface area contributed by atoms with Crippen LogP contribution in [0.5, 0.6) is 0 Å². The summed E-state index contributed by atoms with van der Waals surface area (Å²) in [5.74, 6) is 0.465. The molecule has 4 aromatic rings. The summed E-state index contributed by atoms with van der Waals surface area (Å²) in [7, 11) is 0. The molecular weight excluding hydrogens is 520 g/mol. The monoisotopic (exact) mass is 538 g/mol. The molecule has 0 amide bonds. The third-order valence-corrected chi connectivity index (χ3v) is 5.84. The molecule has 12 heteroatoms. The minimum absolute atomic E-state index is 0.192. The molecule has 0 fully saturated rings. The van der Waals surface area contributed by atoms with E-state index in [0.717, 1.165) is 23.4 Å². The average Bonchev–Trinajstić information content (AvgIpc) is 3.35. The molecule has 0 bridgehead atoms. The SMILES string of the molecule is Cc1cc(NC(=S)Nc2cnn(Cc3ccc(Cl)cc3Cl)c2)nn1Cc1cccc(C(F)(F)F)c1. The van der Waals surface area contributed by atoms with Gasteiger partial charge in [-0.25, -0.2) is 0 Å². The van der Waals surface area contributed by atoms with Crippen molar-refractivity contribution in [2.45, 2.75) is 26.2 Å². The number of benzene rings is 2. The van der Waals surface area contributed by atoms with Gasteiger partial charge in [0.2, 0.25) is 0 Å². The number of hydrogen-bond donors (Lipinski definition) is 2. The van der Waals surface area contributed by atoms with Gasteiger partial charge in [-0.2, -0.15) is 23.4 Å². The lowest BCUT2D eigenvalue weighted by atomic mass is 10.1. The summed E-state index contributed by atoms with van der Waals surface area (Å²) in [6.45, 7) is 2.46. The number of halogens is 5. The highest BCUT2D eigenvalue weighted by atomic mass is 35.5. The average molecular weight is 539 g/mol. The van der Waals surface area contributed by atoms with Gasteiger partial charge in [0, 0.05) is 28.0 Å². The molecule has 2 aromatic carbocycles. The molecule has 0 unspecified atom stereocenters. The number of hydrogen-bond acceptors (Lipinski definition) is 3. The van der Waals surface area contributed by atoms with E-state index in [-0.39, 0.29) is 11.7 Å². The fourth-order valence-corrected chi connectivity index (χ4v) is 4.06. The maximum absolute atomic E-state index is 13.0. The zero-order valence-electron chi connectivity index (χ0n) is 18.3. The van der Waals surface area contributed by atoms with Crippen LogP contribution in [0.25, 0.3) is 0 Å². The quantitative estimate of drug-likeness (QED) is 0.270. The number of anilines is 2. The second kappa shape index (κ2) is 10.3. The zero-order chi connectivity index (χ0) is 25.2. The van der Waals surface area contributed by atoms with Crippen molar-refractivity contribution in [3.8, 4) is 0 Å². The van der Waals surface area contributed by atoms with Gasteiger partial charge in [-0.15, -0.1) is 0 Å². The molecule has 0 saturated heterocycles. The number of thiocarbonyl (C=S) groups is 1. The summed E-state index contributed by atoms with van der Waals surface area (Å²) < 4.78 is 42.3. The van der Waals surface area contributed by atoms with Crippen LogP contribution in [0, 0.1) is 6.92 Å². The lowest BCUT2D eigenvalue weighted by Gasteiger charge is -2.10. The van der Waals surface area contributed by atoms with Crippen LogP contribution in [0.1, 0.15) is 22.4 Å². The summed E-state index contributed by atoms with van der Waals surface area (Å²) in [4.78, 5) is 0. The Morgan fingerprint density at radius 3 is 2.60 bits per heavy atom. The molecule has 0 aliphatic rings. The Bertz CT molecular complexity index is 1370. The van der Waals surface area contributed by atoms with Gasteiger partial charge in [0.15, 0.2) is 10.9 Å². The maximum atomic E-state index is 13.0. The standard InChI is InChI=1S/C23H19Cl2F3N6S/c1-14-7-21(32-34(14)11-15-3-2-4-17(8-15)23(26,27)28)31-22(35)30-19-10-29-33(13-19)12-16-5-6-18(24)9-20(16)25/h2-10,13H,11-12H2,1H3,(H2,30,31,32,35). The summed E-state index contributed by atoms with van der Waals surface area (Å²) in [5, 5.41) is 16.1. The molecule has 35 heavy (non-hydrogen) atoms. The number of alkyl halides is 3. The summed E-state index contributed by atoms with van der Waals surface area (Å²) in [6.07, 6.45) is -1.000. The minimum Gasteiger partial charge on any atom is -0.330 e. The molecule has 182 valence electrons. The Morgan fingerprint density at radius 2 is 1.86 bits per heavy atom. The van der Waals surface area contributed by atoms with E-state index in [9.17, 15) is 13.2 Å². The van der Waals surface area contributed by atoms with Crippen LogP contribution >= 0.6 is 35.4 Å². The number of aryl methyl sites for hydroxylation is 1. The third kappa shape index (κ3) is 6.53. The number of rotatable bonds is 6. The topological polar surface area (TPSA) is 59.7 Å². The smallest absolute Gasteiger partial charge is 0.330 e. The van der Waals surface area contributed by atoms with E-state index in [0.29, 0.717) is 33.7 Å². The summed E-state index contributed by atoms with van der Waals surface area (Å²) >= 11 is 17.5. The second-order valence-electron chi connectivity index (χ2n) is 7.77. The first-order valence-corrected chi connectivity index (χ1v) is 11.5. The molecule has 0 aliphatic carbocycles. The Hall–Kier alpha value is -3.08. The van der Waals surface area contributed by atoms with E-state index in [2.05, 4.69) is 20.8 Å². The Morgan fingerprint density at radius 1 is 1.06 bits per heavy atom. The number of aromatic nitrogens is 4. The third-order valence-electron chi connectivity index (χ3n) is 5.05. The number of nitrogens with one attached hydrogen (secondary N) is 2. The van der Waals surface area contributed by atoms with Crippen LogP contribution in [-0.4, -0.2) is 24.7 Å².